The number of nitrogens with zero attached hydrogens (tertiary/aromatic N) is 4. The Hall–Kier alpha value is -1.96. The van der Waals surface area contributed by atoms with Crippen LogP contribution in [-0.4, -0.2) is 78.6 Å². The van der Waals surface area contributed by atoms with Gasteiger partial charge in [-0.2, -0.15) is 0 Å². The van der Waals surface area contributed by atoms with Gasteiger partial charge in [-0.3, -0.25) is 4.90 Å². The normalized spacial score (nSPS) is 25.3. The summed E-state index contributed by atoms with van der Waals surface area (Å²) in [7, 11) is 1.63. The number of aliphatic hydroxyl groups excluding tert-OH is 1. The third kappa shape index (κ3) is 2.79. The number of aromatic nitrogens is 2. The Morgan fingerprint density at radius 3 is 2.71 bits per heavy atom. The van der Waals surface area contributed by atoms with Crippen LogP contribution >= 0.6 is 0 Å². The predicted octanol–water partition coefficient (Wildman–Crippen LogP) is 0.520. The molecule has 3 heterocycles. The summed E-state index contributed by atoms with van der Waals surface area (Å²) >= 11 is 0. The molecule has 7 heteroatoms. The highest BCUT2D eigenvalue weighted by atomic mass is 16.5. The summed E-state index contributed by atoms with van der Waals surface area (Å²) < 4.78 is 10.7. The fourth-order valence-electron chi connectivity index (χ4n) is 3.57. The maximum Gasteiger partial charge on any atom is 0.224 e. The van der Waals surface area contributed by atoms with Crippen molar-refractivity contribution in [3.05, 3.63) is 24.5 Å². The molecule has 2 saturated heterocycles. The number of hydrogen-bond donors (Lipinski definition) is 1. The van der Waals surface area contributed by atoms with E-state index >= 15 is 0 Å². The molecule has 0 aliphatic carbocycles. The first kappa shape index (κ1) is 15.6. The minimum Gasteiger partial charge on any atom is -0.480 e. The lowest BCUT2D eigenvalue weighted by Crippen LogP contribution is -2.53. The molecule has 1 aromatic heterocycles. The molecule has 4 rings (SSSR count). The number of methoxy groups -OCH3 is 1. The van der Waals surface area contributed by atoms with E-state index in [0.29, 0.717) is 19.1 Å². The summed E-state index contributed by atoms with van der Waals surface area (Å²) in [4.78, 5) is 13.2. The van der Waals surface area contributed by atoms with E-state index in [-0.39, 0.29) is 12.1 Å². The van der Waals surface area contributed by atoms with Crippen LogP contribution in [0.1, 0.15) is 0 Å². The van der Waals surface area contributed by atoms with Crippen LogP contribution in [0, 0.1) is 0 Å². The second-order valence-corrected chi connectivity index (χ2v) is 6.28. The first-order chi connectivity index (χ1) is 11.8. The van der Waals surface area contributed by atoms with E-state index in [1.54, 1.807) is 7.11 Å². The highest BCUT2D eigenvalue weighted by molar-refractivity contribution is 5.86. The Morgan fingerprint density at radius 1 is 1.17 bits per heavy atom. The molecule has 0 saturated carbocycles. The zero-order valence-corrected chi connectivity index (χ0v) is 13.8. The molecule has 0 bridgehead atoms. The van der Waals surface area contributed by atoms with Gasteiger partial charge in [0.25, 0.3) is 0 Å². The number of fused-ring (bicyclic) bond motifs is 1. The molecule has 2 aromatic rings. The van der Waals surface area contributed by atoms with Gasteiger partial charge in [0.2, 0.25) is 5.88 Å². The van der Waals surface area contributed by atoms with E-state index in [9.17, 15) is 5.11 Å². The number of ether oxygens (including phenoxy) is 2. The van der Waals surface area contributed by atoms with Crippen LogP contribution in [0.4, 0.5) is 5.69 Å². The molecule has 0 spiro atoms. The van der Waals surface area contributed by atoms with E-state index in [1.807, 2.05) is 6.07 Å². The molecule has 128 valence electrons. The molecule has 7 nitrogen and oxygen atoms in total. The lowest BCUT2D eigenvalue weighted by molar-refractivity contribution is 0.0785. The van der Waals surface area contributed by atoms with Crippen molar-refractivity contribution < 1.29 is 14.6 Å². The molecule has 2 aliphatic heterocycles. The molecule has 2 atom stereocenters. The summed E-state index contributed by atoms with van der Waals surface area (Å²) in [6.07, 6.45) is 1.16. The average molecular weight is 330 g/mol. The smallest absolute Gasteiger partial charge is 0.224 e. The Morgan fingerprint density at radius 2 is 2.00 bits per heavy atom. The van der Waals surface area contributed by atoms with Crippen molar-refractivity contribution in [1.82, 2.24) is 14.9 Å². The van der Waals surface area contributed by atoms with E-state index in [2.05, 4.69) is 31.9 Å². The summed E-state index contributed by atoms with van der Waals surface area (Å²) in [6, 6.07) is 6.34. The van der Waals surface area contributed by atoms with Gasteiger partial charge in [-0.15, -0.1) is 0 Å². The minimum atomic E-state index is -0.362. The molecule has 2 unspecified atom stereocenters. The first-order valence-electron chi connectivity index (χ1n) is 8.30. The van der Waals surface area contributed by atoms with Crippen LogP contribution in [0.25, 0.3) is 10.9 Å². The first-order valence-corrected chi connectivity index (χ1v) is 8.30. The molecular weight excluding hydrogens is 308 g/mol. The lowest BCUT2D eigenvalue weighted by atomic mass is 10.1. The van der Waals surface area contributed by atoms with Crippen molar-refractivity contribution in [3.8, 4) is 5.88 Å². The maximum absolute atomic E-state index is 9.99. The van der Waals surface area contributed by atoms with Crippen LogP contribution < -0.4 is 9.64 Å². The Labute approximate surface area is 140 Å². The minimum absolute atomic E-state index is 0.136. The zero-order valence-electron chi connectivity index (χ0n) is 13.8. The van der Waals surface area contributed by atoms with Gasteiger partial charge in [-0.25, -0.2) is 9.97 Å². The van der Waals surface area contributed by atoms with Gasteiger partial charge in [-0.05, 0) is 18.2 Å². The zero-order chi connectivity index (χ0) is 16.5. The monoisotopic (exact) mass is 330 g/mol. The van der Waals surface area contributed by atoms with E-state index in [1.165, 1.54) is 6.33 Å². The van der Waals surface area contributed by atoms with Crippen LogP contribution in [0.15, 0.2) is 24.5 Å². The number of aliphatic hydroxyl groups is 1. The Bertz CT molecular complexity index is 718. The Kier molecular flexibility index (Phi) is 4.22. The van der Waals surface area contributed by atoms with Crippen LogP contribution in [0.2, 0.25) is 0 Å². The predicted molar refractivity (Wildman–Crippen MR) is 90.5 cm³/mol. The summed E-state index contributed by atoms with van der Waals surface area (Å²) in [5, 5.41) is 10.9. The highest BCUT2D eigenvalue weighted by Gasteiger charge is 2.33. The van der Waals surface area contributed by atoms with Gasteiger partial charge in [0, 0.05) is 31.9 Å². The van der Waals surface area contributed by atoms with E-state index in [4.69, 9.17) is 9.47 Å². The summed E-state index contributed by atoms with van der Waals surface area (Å²) in [5.74, 6) is 0.603. The van der Waals surface area contributed by atoms with Crippen molar-refractivity contribution in [2.45, 2.75) is 12.1 Å². The molecule has 0 amide bonds. The van der Waals surface area contributed by atoms with Gasteiger partial charge in [0.15, 0.2) is 0 Å². The fraction of sp³-hybridized carbons (Fsp3) is 0.529. The topological polar surface area (TPSA) is 71.0 Å². The van der Waals surface area contributed by atoms with Crippen LogP contribution in [0.5, 0.6) is 5.88 Å². The van der Waals surface area contributed by atoms with Crippen LogP contribution in [0.3, 0.4) is 0 Å². The summed E-state index contributed by atoms with van der Waals surface area (Å²) in [5.41, 5.74) is 2.04. The number of hydrogen-bond acceptors (Lipinski definition) is 7. The lowest BCUT2D eigenvalue weighted by Gasteiger charge is -2.39. The fourth-order valence-corrected chi connectivity index (χ4v) is 3.57. The largest absolute Gasteiger partial charge is 0.480 e. The molecule has 24 heavy (non-hydrogen) atoms. The van der Waals surface area contributed by atoms with Gasteiger partial charge in [0.1, 0.15) is 6.33 Å². The second kappa shape index (κ2) is 6.51. The van der Waals surface area contributed by atoms with Crippen molar-refractivity contribution >= 4 is 16.6 Å². The number of piperazine rings is 1. The SMILES string of the molecule is COc1ncnc2ccc(N3CCN(C4COCC4O)CC3)cc12. The van der Waals surface area contributed by atoms with Gasteiger partial charge in [0.05, 0.1) is 43.4 Å². The van der Waals surface area contributed by atoms with Crippen molar-refractivity contribution in [2.24, 2.45) is 0 Å². The van der Waals surface area contributed by atoms with Gasteiger partial charge in [-0.1, -0.05) is 0 Å². The second-order valence-electron chi connectivity index (χ2n) is 6.28. The molecule has 0 radical (unpaired) electrons. The van der Waals surface area contributed by atoms with Gasteiger partial charge < -0.3 is 19.5 Å². The maximum atomic E-state index is 9.99. The molecular formula is C17H22N4O3. The average Bonchev–Trinajstić information content (AvgIpc) is 3.07. The molecule has 1 aromatic carbocycles. The molecule has 1 N–H and O–H groups in total. The highest BCUT2D eigenvalue weighted by Crippen LogP contribution is 2.27. The number of rotatable bonds is 3. The molecule has 2 fully saturated rings. The standard InChI is InChI=1S/C17H22N4O3/c1-23-17-13-8-12(2-3-14(13)18-11-19-17)20-4-6-21(7-5-20)15-9-24-10-16(15)22/h2-3,8,11,15-16,22H,4-7,9-10H2,1H3. The van der Waals surface area contributed by atoms with Crippen molar-refractivity contribution in [2.75, 3.05) is 51.4 Å². The van der Waals surface area contributed by atoms with E-state index < -0.39 is 0 Å². The van der Waals surface area contributed by atoms with E-state index in [0.717, 1.165) is 42.8 Å². The number of anilines is 1. The third-order valence-electron chi connectivity index (χ3n) is 4.95. The molecule has 2 aliphatic rings. The summed E-state index contributed by atoms with van der Waals surface area (Å²) in [6.45, 7) is 4.77. The quantitative estimate of drug-likeness (QED) is 0.880. The number of benzene rings is 1. The third-order valence-corrected chi connectivity index (χ3v) is 4.95. The van der Waals surface area contributed by atoms with Crippen molar-refractivity contribution in [3.63, 3.8) is 0 Å². The van der Waals surface area contributed by atoms with Gasteiger partial charge >= 0.3 is 0 Å². The van der Waals surface area contributed by atoms with Crippen molar-refractivity contribution in [1.29, 1.82) is 0 Å². The van der Waals surface area contributed by atoms with Crippen LogP contribution in [-0.2, 0) is 4.74 Å². The Balaban J connectivity index is 1.50.